The number of aliphatic carboxylic acids is 1. The lowest BCUT2D eigenvalue weighted by Gasteiger charge is -2.12. The van der Waals surface area contributed by atoms with Gasteiger partial charge in [0.2, 0.25) is 5.91 Å². The lowest BCUT2D eigenvalue weighted by Crippen LogP contribution is -2.34. The number of ether oxygens (including phenoxy) is 1. The van der Waals surface area contributed by atoms with E-state index < -0.39 is 5.97 Å². The molecule has 6 heteroatoms. The summed E-state index contributed by atoms with van der Waals surface area (Å²) >= 11 is 1.12. The minimum absolute atomic E-state index is 0.0290. The topological polar surface area (TPSA) is 75.6 Å². The van der Waals surface area contributed by atoms with Crippen LogP contribution in [0, 0.1) is 0 Å². The summed E-state index contributed by atoms with van der Waals surface area (Å²) in [5.41, 5.74) is 0. The Morgan fingerprint density at radius 2 is 2.19 bits per heavy atom. The number of thioether (sulfide) groups is 1. The Balaban J connectivity index is 2.12. The Hall–Kier alpha value is -0.750. The molecule has 0 aromatic carbocycles. The Morgan fingerprint density at radius 1 is 1.44 bits per heavy atom. The van der Waals surface area contributed by atoms with Crippen LogP contribution in [-0.2, 0) is 14.3 Å². The first-order chi connectivity index (χ1) is 7.61. The quantitative estimate of drug-likeness (QED) is 0.714. The summed E-state index contributed by atoms with van der Waals surface area (Å²) in [5.74, 6) is -0.801. The fourth-order valence-corrected chi connectivity index (χ4v) is 2.33. The molecule has 5 nitrogen and oxygen atoms in total. The van der Waals surface area contributed by atoms with Crippen molar-refractivity contribution in [1.29, 1.82) is 0 Å². The predicted molar refractivity (Wildman–Crippen MR) is 61.5 cm³/mol. The van der Waals surface area contributed by atoms with Crippen molar-refractivity contribution in [3.8, 4) is 0 Å². The van der Waals surface area contributed by atoms with Gasteiger partial charge in [0, 0.05) is 13.2 Å². The first kappa shape index (κ1) is 13.3. The second kappa shape index (κ2) is 6.75. The maximum atomic E-state index is 11.4. The van der Waals surface area contributed by atoms with Crippen molar-refractivity contribution in [2.75, 3.05) is 18.6 Å². The number of carboxylic acid groups (broad SMARTS) is 1. The molecule has 16 heavy (non-hydrogen) atoms. The third kappa shape index (κ3) is 4.85. The summed E-state index contributed by atoms with van der Waals surface area (Å²) in [5, 5.41) is 11.3. The van der Waals surface area contributed by atoms with E-state index in [4.69, 9.17) is 9.84 Å². The maximum absolute atomic E-state index is 11.4. The van der Waals surface area contributed by atoms with E-state index in [0.717, 1.165) is 31.0 Å². The van der Waals surface area contributed by atoms with Gasteiger partial charge in [0.1, 0.15) is 0 Å². The van der Waals surface area contributed by atoms with Crippen LogP contribution in [0.15, 0.2) is 0 Å². The molecule has 2 unspecified atom stereocenters. The fraction of sp³-hybridized carbons (Fsp3) is 0.800. The Labute approximate surface area is 98.9 Å². The Morgan fingerprint density at radius 3 is 2.75 bits per heavy atom. The van der Waals surface area contributed by atoms with E-state index in [-0.39, 0.29) is 29.6 Å². The number of carboxylic acids is 1. The number of carbonyl (C=O) groups excluding carboxylic acids is 1. The highest BCUT2D eigenvalue weighted by molar-refractivity contribution is 8.00. The van der Waals surface area contributed by atoms with Crippen LogP contribution in [0.5, 0.6) is 0 Å². The second-order valence-corrected chi connectivity index (χ2v) is 4.81. The molecule has 92 valence electrons. The highest BCUT2D eigenvalue weighted by Crippen LogP contribution is 2.21. The molecular weight excluding hydrogens is 230 g/mol. The molecule has 2 N–H and O–H groups in total. The monoisotopic (exact) mass is 247 g/mol. The number of carbonyl (C=O) groups is 2. The van der Waals surface area contributed by atoms with E-state index in [1.807, 2.05) is 0 Å². The third-order valence-electron chi connectivity index (χ3n) is 2.54. The largest absolute Gasteiger partial charge is 0.481 e. The summed E-state index contributed by atoms with van der Waals surface area (Å²) < 4.78 is 5.20. The van der Waals surface area contributed by atoms with Gasteiger partial charge in [-0.15, -0.1) is 11.8 Å². The normalized spacial score (nSPS) is 24.3. The van der Waals surface area contributed by atoms with Crippen LogP contribution in [0.1, 0.15) is 19.3 Å². The molecule has 1 saturated carbocycles. The van der Waals surface area contributed by atoms with Gasteiger partial charge in [0.15, 0.2) is 0 Å². The Kier molecular flexibility index (Phi) is 5.62. The van der Waals surface area contributed by atoms with Gasteiger partial charge < -0.3 is 15.2 Å². The van der Waals surface area contributed by atoms with Crippen molar-refractivity contribution in [1.82, 2.24) is 5.32 Å². The molecule has 1 aliphatic rings. The molecule has 0 radical (unpaired) electrons. The number of amides is 1. The number of hydrogen-bond acceptors (Lipinski definition) is 4. The van der Waals surface area contributed by atoms with Gasteiger partial charge in [-0.3, -0.25) is 9.59 Å². The van der Waals surface area contributed by atoms with E-state index in [0.29, 0.717) is 0 Å². The molecular formula is C10H17NO4S. The van der Waals surface area contributed by atoms with Gasteiger partial charge in [-0.1, -0.05) is 0 Å². The van der Waals surface area contributed by atoms with Crippen molar-refractivity contribution < 1.29 is 19.4 Å². The number of methoxy groups -OCH3 is 1. The van der Waals surface area contributed by atoms with Gasteiger partial charge in [0.05, 0.1) is 17.6 Å². The molecule has 0 aromatic rings. The van der Waals surface area contributed by atoms with Gasteiger partial charge in [0.25, 0.3) is 0 Å². The minimum atomic E-state index is -0.891. The lowest BCUT2D eigenvalue weighted by atomic mass is 10.2. The second-order valence-electron chi connectivity index (χ2n) is 3.82. The zero-order valence-corrected chi connectivity index (χ0v) is 10.1. The van der Waals surface area contributed by atoms with Gasteiger partial charge >= 0.3 is 5.97 Å². The molecule has 1 rings (SSSR count). The van der Waals surface area contributed by atoms with Crippen LogP contribution in [0.3, 0.4) is 0 Å². The first-order valence-corrected chi connectivity index (χ1v) is 6.39. The average molecular weight is 247 g/mol. The third-order valence-corrected chi connectivity index (χ3v) is 3.46. The molecule has 0 aliphatic heterocycles. The molecule has 1 fully saturated rings. The minimum Gasteiger partial charge on any atom is -0.481 e. The van der Waals surface area contributed by atoms with E-state index >= 15 is 0 Å². The van der Waals surface area contributed by atoms with Gasteiger partial charge in [-0.05, 0) is 19.3 Å². The van der Waals surface area contributed by atoms with Gasteiger partial charge in [-0.25, -0.2) is 0 Å². The highest BCUT2D eigenvalue weighted by Gasteiger charge is 2.25. The lowest BCUT2D eigenvalue weighted by molar-refractivity contribution is -0.133. The summed E-state index contributed by atoms with van der Waals surface area (Å²) in [6.45, 7) is 0. The molecule has 2 atom stereocenters. The first-order valence-electron chi connectivity index (χ1n) is 5.23. The average Bonchev–Trinajstić information content (AvgIpc) is 2.65. The standard InChI is InChI=1S/C10H17NO4S/c1-15-8-3-2-7(4-8)11-9(12)5-16-6-10(13)14/h7-8H,2-6H2,1H3,(H,11,12)(H,13,14). The van der Waals surface area contributed by atoms with Crippen molar-refractivity contribution in [3.05, 3.63) is 0 Å². The summed E-state index contributed by atoms with van der Waals surface area (Å²) in [4.78, 5) is 21.6. The number of hydrogen-bond donors (Lipinski definition) is 2. The molecule has 1 aliphatic carbocycles. The van der Waals surface area contributed by atoms with Crippen LogP contribution in [0.4, 0.5) is 0 Å². The molecule has 0 spiro atoms. The smallest absolute Gasteiger partial charge is 0.313 e. The molecule has 0 saturated heterocycles. The van der Waals surface area contributed by atoms with Crippen LogP contribution in [0.25, 0.3) is 0 Å². The summed E-state index contributed by atoms with van der Waals surface area (Å²) in [6, 6.07) is 0.183. The number of rotatable bonds is 6. The zero-order valence-electron chi connectivity index (χ0n) is 9.27. The SMILES string of the molecule is COC1CCC(NC(=O)CSCC(=O)O)C1. The van der Waals surface area contributed by atoms with Crippen molar-refractivity contribution in [3.63, 3.8) is 0 Å². The van der Waals surface area contributed by atoms with Crippen molar-refractivity contribution >= 4 is 23.6 Å². The van der Waals surface area contributed by atoms with Gasteiger partial charge in [-0.2, -0.15) is 0 Å². The maximum Gasteiger partial charge on any atom is 0.313 e. The summed E-state index contributed by atoms with van der Waals surface area (Å²) in [6.07, 6.45) is 3.01. The highest BCUT2D eigenvalue weighted by atomic mass is 32.2. The van der Waals surface area contributed by atoms with Crippen LogP contribution < -0.4 is 5.32 Å². The Bertz CT molecular complexity index is 259. The van der Waals surface area contributed by atoms with E-state index in [1.165, 1.54) is 0 Å². The number of nitrogens with one attached hydrogen (secondary N) is 1. The fourth-order valence-electron chi connectivity index (χ4n) is 1.79. The van der Waals surface area contributed by atoms with E-state index in [2.05, 4.69) is 5.32 Å². The van der Waals surface area contributed by atoms with Crippen molar-refractivity contribution in [2.24, 2.45) is 0 Å². The molecule has 1 amide bonds. The molecule has 0 bridgehead atoms. The van der Waals surface area contributed by atoms with E-state index in [9.17, 15) is 9.59 Å². The summed E-state index contributed by atoms with van der Waals surface area (Å²) in [7, 11) is 1.68. The zero-order chi connectivity index (χ0) is 12.0. The predicted octanol–water partition coefficient (Wildman–Crippen LogP) is 0.488. The van der Waals surface area contributed by atoms with Crippen LogP contribution in [-0.4, -0.2) is 47.7 Å². The van der Waals surface area contributed by atoms with Crippen molar-refractivity contribution in [2.45, 2.75) is 31.4 Å². The van der Waals surface area contributed by atoms with E-state index in [1.54, 1.807) is 7.11 Å². The van der Waals surface area contributed by atoms with Crippen LogP contribution >= 0.6 is 11.8 Å². The molecule has 0 aromatic heterocycles. The van der Waals surface area contributed by atoms with Crippen LogP contribution in [0.2, 0.25) is 0 Å². The molecule has 0 heterocycles.